The summed E-state index contributed by atoms with van der Waals surface area (Å²) < 4.78 is 34.5. The Balaban J connectivity index is 2.29. The Morgan fingerprint density at radius 2 is 1.92 bits per heavy atom. The lowest BCUT2D eigenvalue weighted by atomic mass is 9.93. The summed E-state index contributed by atoms with van der Waals surface area (Å²) in [4.78, 5) is 11.5. The van der Waals surface area contributed by atoms with Gasteiger partial charge in [0.05, 0.1) is 13.0 Å². The minimum atomic E-state index is -3.13. The molecule has 0 fully saturated rings. The Labute approximate surface area is 140 Å². The van der Waals surface area contributed by atoms with Gasteiger partial charge in [-0.25, -0.2) is 0 Å². The average molecular weight is 333 g/mol. The van der Waals surface area contributed by atoms with Crippen molar-refractivity contribution >= 4 is 5.97 Å². The van der Waals surface area contributed by atoms with Gasteiger partial charge in [-0.3, -0.25) is 4.79 Å². The van der Waals surface area contributed by atoms with Gasteiger partial charge in [-0.1, -0.05) is 42.5 Å². The molecule has 0 unspecified atom stereocenters. The van der Waals surface area contributed by atoms with Gasteiger partial charge in [0.15, 0.2) is 0 Å². The number of nitrogens with two attached hydrogens (primary N) is 1. The Morgan fingerprint density at radius 1 is 1.21 bits per heavy atom. The molecular formula is C19H21F2NO2. The van der Waals surface area contributed by atoms with E-state index in [-0.39, 0.29) is 24.2 Å². The first-order valence-corrected chi connectivity index (χ1v) is 7.81. The van der Waals surface area contributed by atoms with Crippen LogP contribution in [-0.4, -0.2) is 12.6 Å². The second-order valence-electron chi connectivity index (χ2n) is 5.63. The number of rotatable bonds is 6. The molecule has 0 saturated carbocycles. The number of aryl methyl sites for hydroxylation is 1. The summed E-state index contributed by atoms with van der Waals surface area (Å²) in [6, 6.07) is 11.6. The molecular weight excluding hydrogens is 312 g/mol. The molecule has 128 valence electrons. The minimum Gasteiger partial charge on any atom is -0.466 e. The molecule has 2 rings (SSSR count). The van der Waals surface area contributed by atoms with E-state index < -0.39 is 17.9 Å². The van der Waals surface area contributed by atoms with E-state index in [1.165, 1.54) is 24.3 Å². The summed E-state index contributed by atoms with van der Waals surface area (Å²) >= 11 is 0. The average Bonchev–Trinajstić information content (AvgIpc) is 2.55. The predicted molar refractivity (Wildman–Crippen MR) is 88.8 cm³/mol. The van der Waals surface area contributed by atoms with Gasteiger partial charge in [-0.2, -0.15) is 8.78 Å². The molecule has 0 aromatic heterocycles. The van der Waals surface area contributed by atoms with Crippen LogP contribution >= 0.6 is 0 Å². The van der Waals surface area contributed by atoms with Gasteiger partial charge < -0.3 is 10.5 Å². The van der Waals surface area contributed by atoms with Crippen molar-refractivity contribution in [2.45, 2.75) is 32.2 Å². The summed E-state index contributed by atoms with van der Waals surface area (Å²) in [7, 11) is 0. The molecule has 0 spiro atoms. The highest BCUT2D eigenvalue weighted by Gasteiger charge is 2.35. The molecule has 2 N–H and O–H groups in total. The van der Waals surface area contributed by atoms with Crippen LogP contribution < -0.4 is 5.73 Å². The van der Waals surface area contributed by atoms with Crippen LogP contribution in [0, 0.1) is 6.92 Å². The summed E-state index contributed by atoms with van der Waals surface area (Å²) in [6.07, 6.45) is -0.0484. The van der Waals surface area contributed by atoms with Crippen molar-refractivity contribution in [3.05, 3.63) is 70.8 Å². The smallest absolute Gasteiger partial charge is 0.307 e. The largest absolute Gasteiger partial charge is 0.466 e. The molecule has 24 heavy (non-hydrogen) atoms. The van der Waals surface area contributed by atoms with E-state index in [0.29, 0.717) is 11.1 Å². The van der Waals surface area contributed by atoms with Gasteiger partial charge in [0.1, 0.15) is 0 Å². The first kappa shape index (κ1) is 18.1. The van der Waals surface area contributed by atoms with E-state index in [0.717, 1.165) is 0 Å². The molecule has 1 atom stereocenters. The molecule has 0 bridgehead atoms. The molecule has 0 radical (unpaired) electrons. The van der Waals surface area contributed by atoms with E-state index in [2.05, 4.69) is 0 Å². The number of alkyl halides is 2. The molecule has 0 amide bonds. The zero-order valence-electron chi connectivity index (χ0n) is 13.8. The number of hydrogen-bond acceptors (Lipinski definition) is 3. The van der Waals surface area contributed by atoms with Gasteiger partial charge in [0.2, 0.25) is 0 Å². The van der Waals surface area contributed by atoms with E-state index in [9.17, 15) is 13.6 Å². The van der Waals surface area contributed by atoms with Crippen molar-refractivity contribution in [1.82, 2.24) is 0 Å². The highest BCUT2D eigenvalue weighted by molar-refractivity contribution is 5.70. The molecule has 0 heterocycles. The maximum Gasteiger partial charge on any atom is 0.307 e. The predicted octanol–water partition coefficient (Wildman–Crippen LogP) is 4.09. The van der Waals surface area contributed by atoms with Crippen molar-refractivity contribution in [3.63, 3.8) is 0 Å². The van der Waals surface area contributed by atoms with Crippen molar-refractivity contribution in [2.75, 3.05) is 6.61 Å². The lowest BCUT2D eigenvalue weighted by Crippen LogP contribution is -2.20. The van der Waals surface area contributed by atoms with Crippen LogP contribution in [0.4, 0.5) is 8.78 Å². The van der Waals surface area contributed by atoms with E-state index in [1.807, 2.05) is 0 Å². The molecule has 5 heteroatoms. The SMILES string of the molecule is CCOC(=O)C[C@@H](N)c1cccc(C(F)(F)c2ccccc2C)c1. The highest BCUT2D eigenvalue weighted by Crippen LogP contribution is 2.38. The first-order valence-electron chi connectivity index (χ1n) is 7.81. The Kier molecular flexibility index (Phi) is 5.67. The van der Waals surface area contributed by atoms with E-state index in [1.54, 1.807) is 38.1 Å². The Morgan fingerprint density at radius 3 is 2.58 bits per heavy atom. The molecule has 2 aromatic rings. The molecule has 3 nitrogen and oxygen atoms in total. The molecule has 0 aliphatic heterocycles. The number of halogens is 2. The van der Waals surface area contributed by atoms with Crippen molar-refractivity contribution in [3.8, 4) is 0 Å². The van der Waals surface area contributed by atoms with Crippen molar-refractivity contribution < 1.29 is 18.3 Å². The lowest BCUT2D eigenvalue weighted by Gasteiger charge is -2.21. The number of ether oxygens (including phenoxy) is 1. The van der Waals surface area contributed by atoms with Gasteiger partial charge >= 0.3 is 5.97 Å². The quantitative estimate of drug-likeness (QED) is 0.810. The fourth-order valence-electron chi connectivity index (χ4n) is 2.56. The Bertz CT molecular complexity index is 716. The fraction of sp³-hybridized carbons (Fsp3) is 0.316. The molecule has 2 aromatic carbocycles. The van der Waals surface area contributed by atoms with Crippen LogP contribution in [0.2, 0.25) is 0 Å². The second-order valence-corrected chi connectivity index (χ2v) is 5.63. The van der Waals surface area contributed by atoms with Crippen LogP contribution in [0.5, 0.6) is 0 Å². The zero-order chi connectivity index (χ0) is 17.7. The van der Waals surface area contributed by atoms with Crippen LogP contribution in [0.3, 0.4) is 0 Å². The summed E-state index contributed by atoms with van der Waals surface area (Å²) in [5, 5.41) is 0. The van der Waals surface area contributed by atoms with E-state index in [4.69, 9.17) is 10.5 Å². The summed E-state index contributed by atoms with van der Waals surface area (Å²) in [5.41, 5.74) is 6.77. The minimum absolute atomic E-state index is 0.0406. The Hall–Kier alpha value is -2.27. The molecule has 0 aliphatic rings. The van der Waals surface area contributed by atoms with Crippen LogP contribution in [0.1, 0.15) is 41.6 Å². The highest BCUT2D eigenvalue weighted by atomic mass is 19.3. The third kappa shape index (κ3) is 3.97. The zero-order valence-corrected chi connectivity index (χ0v) is 13.8. The topological polar surface area (TPSA) is 52.3 Å². The van der Waals surface area contributed by atoms with Crippen molar-refractivity contribution in [1.29, 1.82) is 0 Å². The second kappa shape index (κ2) is 7.53. The van der Waals surface area contributed by atoms with E-state index >= 15 is 0 Å². The third-order valence-corrected chi connectivity index (χ3v) is 3.85. The number of carbonyl (C=O) groups excluding carboxylic acids is 1. The van der Waals surface area contributed by atoms with Crippen molar-refractivity contribution in [2.24, 2.45) is 5.73 Å². The van der Waals surface area contributed by atoms with Crippen LogP contribution in [-0.2, 0) is 15.5 Å². The molecule has 0 aliphatic carbocycles. The standard InChI is InChI=1S/C19H21F2NO2/c1-3-24-18(23)12-17(22)14-8-6-9-15(11-14)19(20,21)16-10-5-4-7-13(16)2/h4-11,17H,3,12,22H2,1-2H3/t17-/m1/s1. The van der Waals surface area contributed by atoms with Gasteiger partial charge in [-0.15, -0.1) is 0 Å². The lowest BCUT2D eigenvalue weighted by molar-refractivity contribution is -0.143. The number of hydrogen-bond donors (Lipinski definition) is 1. The number of benzene rings is 2. The number of esters is 1. The monoisotopic (exact) mass is 333 g/mol. The van der Waals surface area contributed by atoms with Gasteiger partial charge in [0.25, 0.3) is 5.92 Å². The van der Waals surface area contributed by atoms with Crippen LogP contribution in [0.25, 0.3) is 0 Å². The van der Waals surface area contributed by atoms with Crippen LogP contribution in [0.15, 0.2) is 48.5 Å². The van der Waals surface area contributed by atoms with Gasteiger partial charge in [0, 0.05) is 17.2 Å². The fourth-order valence-corrected chi connectivity index (χ4v) is 2.56. The third-order valence-electron chi connectivity index (χ3n) is 3.85. The maximum atomic E-state index is 14.8. The normalized spacial score (nSPS) is 12.7. The number of carbonyl (C=O) groups is 1. The van der Waals surface area contributed by atoms with Gasteiger partial charge in [-0.05, 0) is 31.0 Å². The first-order chi connectivity index (χ1) is 11.4. The molecule has 0 saturated heterocycles. The maximum absolute atomic E-state index is 14.8. The summed E-state index contributed by atoms with van der Waals surface area (Å²) in [6.45, 7) is 3.61. The summed E-state index contributed by atoms with van der Waals surface area (Å²) in [5.74, 6) is -3.58.